The summed E-state index contributed by atoms with van der Waals surface area (Å²) in [7, 11) is 0. The largest absolute Gasteiger partial charge is 0.498 e. The van der Waals surface area contributed by atoms with Crippen LogP contribution in [0.25, 0.3) is 10.1 Å². The van der Waals surface area contributed by atoms with Crippen molar-refractivity contribution in [1.29, 1.82) is 0 Å². The first-order chi connectivity index (χ1) is 18.1. The fourth-order valence-electron chi connectivity index (χ4n) is 5.04. The maximum absolute atomic E-state index is 12.3. The van der Waals surface area contributed by atoms with E-state index in [1.165, 1.54) is 10.1 Å². The molecule has 0 saturated carbocycles. The van der Waals surface area contributed by atoms with Gasteiger partial charge < -0.3 is 14.4 Å². The number of ether oxygens (including phenoxy) is 2. The molecule has 0 spiro atoms. The van der Waals surface area contributed by atoms with E-state index in [9.17, 15) is 4.79 Å². The van der Waals surface area contributed by atoms with Crippen molar-refractivity contribution < 1.29 is 14.3 Å². The molecule has 1 saturated heterocycles. The van der Waals surface area contributed by atoms with Crippen molar-refractivity contribution in [1.82, 2.24) is 9.27 Å². The zero-order chi connectivity index (χ0) is 25.6. The van der Waals surface area contributed by atoms with Gasteiger partial charge in [0.05, 0.1) is 23.5 Å². The summed E-state index contributed by atoms with van der Waals surface area (Å²) in [6.45, 7) is 11.5. The minimum Gasteiger partial charge on any atom is -0.498 e. The Hall–Kier alpha value is -3.42. The number of esters is 1. The van der Waals surface area contributed by atoms with Crippen LogP contribution in [0.5, 0.6) is 0 Å². The van der Waals surface area contributed by atoms with Gasteiger partial charge in [-0.25, -0.2) is 0 Å². The number of carbonyl (C=O) groups excluding carboxylic acids is 1. The topological polar surface area (TPSA) is 54.9 Å². The molecule has 2 aliphatic rings. The molecule has 3 aromatic rings. The van der Waals surface area contributed by atoms with E-state index in [0.717, 1.165) is 61.9 Å². The molecule has 37 heavy (non-hydrogen) atoms. The Morgan fingerprint density at radius 3 is 2.68 bits per heavy atom. The van der Waals surface area contributed by atoms with Crippen molar-refractivity contribution in [2.75, 3.05) is 44.2 Å². The number of benzene rings is 2. The van der Waals surface area contributed by atoms with E-state index in [-0.39, 0.29) is 11.9 Å². The Bertz CT molecular complexity index is 1310. The molecule has 2 aliphatic heterocycles. The lowest BCUT2D eigenvalue weighted by atomic mass is 9.86. The molecule has 3 heterocycles. The summed E-state index contributed by atoms with van der Waals surface area (Å²) in [4.78, 5) is 17.2. The molecule has 1 atom stereocenters. The van der Waals surface area contributed by atoms with Gasteiger partial charge in [0.1, 0.15) is 11.6 Å². The highest BCUT2D eigenvalue weighted by atomic mass is 32.1. The van der Waals surface area contributed by atoms with Crippen LogP contribution in [0.3, 0.4) is 0 Å². The van der Waals surface area contributed by atoms with Crippen molar-refractivity contribution in [2.45, 2.75) is 25.7 Å². The summed E-state index contributed by atoms with van der Waals surface area (Å²) in [6, 6.07) is 18.5. The number of aromatic nitrogens is 1. The van der Waals surface area contributed by atoms with Gasteiger partial charge in [0, 0.05) is 55.7 Å². The molecule has 2 aromatic carbocycles. The van der Waals surface area contributed by atoms with Crippen LogP contribution in [0.4, 0.5) is 5.82 Å². The van der Waals surface area contributed by atoms with Gasteiger partial charge in [0.25, 0.3) is 0 Å². The second-order valence-electron chi connectivity index (χ2n) is 9.45. The standard InChI is InChI=1S/C30H33N3O3S/c1-3-24-26(23-10-5-4-6-11-23)21-29(34)36-27(24)20-22(2)35-19-9-14-32-15-17-33(18-16-32)30-25-12-7-8-13-28(25)37-31-30/h3-8,10-13,20,26H,1,9,14-19,21H2,2H3/b22-20+. The molecular weight excluding hydrogens is 482 g/mol. The predicted octanol–water partition coefficient (Wildman–Crippen LogP) is 5.90. The molecule has 1 fully saturated rings. The van der Waals surface area contributed by atoms with E-state index in [1.54, 1.807) is 17.6 Å². The normalized spacial score (nSPS) is 19.3. The van der Waals surface area contributed by atoms with Crippen molar-refractivity contribution >= 4 is 33.4 Å². The summed E-state index contributed by atoms with van der Waals surface area (Å²) < 4.78 is 17.5. The maximum Gasteiger partial charge on any atom is 0.312 e. The summed E-state index contributed by atoms with van der Waals surface area (Å²) in [5, 5.41) is 1.25. The molecule has 1 unspecified atom stereocenters. The second kappa shape index (κ2) is 11.8. The molecule has 0 amide bonds. The van der Waals surface area contributed by atoms with E-state index in [4.69, 9.17) is 13.8 Å². The molecule has 0 bridgehead atoms. The maximum atomic E-state index is 12.3. The van der Waals surface area contributed by atoms with Crippen LogP contribution >= 0.6 is 11.5 Å². The smallest absolute Gasteiger partial charge is 0.312 e. The van der Waals surface area contributed by atoms with Crippen molar-refractivity contribution in [2.24, 2.45) is 0 Å². The first-order valence-electron chi connectivity index (χ1n) is 12.9. The fraction of sp³-hybridized carbons (Fsp3) is 0.333. The van der Waals surface area contributed by atoms with Gasteiger partial charge >= 0.3 is 5.97 Å². The highest BCUT2D eigenvalue weighted by Gasteiger charge is 2.28. The lowest BCUT2D eigenvalue weighted by molar-refractivity contribution is -0.140. The zero-order valence-electron chi connectivity index (χ0n) is 21.3. The van der Waals surface area contributed by atoms with Gasteiger partial charge in [-0.05, 0) is 42.6 Å². The number of rotatable bonds is 9. The van der Waals surface area contributed by atoms with Crippen molar-refractivity contribution in [3.8, 4) is 0 Å². The average molecular weight is 516 g/mol. The van der Waals surface area contributed by atoms with E-state index < -0.39 is 0 Å². The SMILES string of the molecule is C=CC1=C(/C=C(\C)OCCCN2CCN(c3nsc4ccccc34)CC2)OC(=O)CC1c1ccccc1. The Labute approximate surface area is 222 Å². The van der Waals surface area contributed by atoms with E-state index in [2.05, 4.69) is 40.6 Å². The van der Waals surface area contributed by atoms with E-state index >= 15 is 0 Å². The highest BCUT2D eigenvalue weighted by molar-refractivity contribution is 7.13. The number of nitrogens with zero attached hydrogens (tertiary/aromatic N) is 3. The minimum atomic E-state index is -0.233. The van der Waals surface area contributed by atoms with E-state index in [1.807, 2.05) is 43.3 Å². The molecule has 5 rings (SSSR count). The third-order valence-electron chi connectivity index (χ3n) is 6.99. The van der Waals surface area contributed by atoms with Crippen LogP contribution in [0.1, 0.15) is 31.2 Å². The van der Waals surface area contributed by atoms with Crippen LogP contribution < -0.4 is 4.90 Å². The predicted molar refractivity (Wildman–Crippen MR) is 150 cm³/mol. The van der Waals surface area contributed by atoms with Gasteiger partial charge in [-0.1, -0.05) is 55.1 Å². The van der Waals surface area contributed by atoms with Crippen molar-refractivity contribution in [3.63, 3.8) is 0 Å². The van der Waals surface area contributed by atoms with Crippen LogP contribution in [0.2, 0.25) is 0 Å². The van der Waals surface area contributed by atoms with E-state index in [0.29, 0.717) is 18.8 Å². The second-order valence-corrected chi connectivity index (χ2v) is 10.3. The lowest BCUT2D eigenvalue weighted by Gasteiger charge is -2.35. The monoisotopic (exact) mass is 515 g/mol. The molecule has 192 valence electrons. The number of carbonyl (C=O) groups is 1. The molecule has 0 N–H and O–H groups in total. The first-order valence-corrected chi connectivity index (χ1v) is 13.6. The van der Waals surface area contributed by atoms with Gasteiger partial charge in [-0.3, -0.25) is 9.69 Å². The number of cyclic esters (lactones) is 1. The van der Waals surface area contributed by atoms with Gasteiger partial charge in [0.15, 0.2) is 0 Å². The molecule has 7 heteroatoms. The number of piperazine rings is 1. The third-order valence-corrected chi connectivity index (χ3v) is 7.81. The summed E-state index contributed by atoms with van der Waals surface area (Å²) in [6.07, 6.45) is 4.86. The molecule has 0 aliphatic carbocycles. The number of hydrogen-bond acceptors (Lipinski definition) is 7. The third kappa shape index (κ3) is 5.95. The summed E-state index contributed by atoms with van der Waals surface area (Å²) in [5.74, 6) is 2.10. The molecule has 0 radical (unpaired) electrons. The zero-order valence-corrected chi connectivity index (χ0v) is 22.1. The Balaban J connectivity index is 1.11. The average Bonchev–Trinajstić information content (AvgIpc) is 3.36. The Kier molecular flexibility index (Phi) is 8.02. The quantitative estimate of drug-likeness (QED) is 0.201. The van der Waals surface area contributed by atoms with Crippen LogP contribution in [0.15, 0.2) is 90.4 Å². The number of allylic oxidation sites excluding steroid dienone is 4. The Morgan fingerprint density at radius 1 is 1.14 bits per heavy atom. The number of anilines is 1. The first kappa shape index (κ1) is 25.2. The molecular formula is C30H33N3O3S. The van der Waals surface area contributed by atoms with Gasteiger partial charge in [-0.15, -0.1) is 0 Å². The van der Waals surface area contributed by atoms with Crippen molar-refractivity contribution in [3.05, 3.63) is 96.0 Å². The molecule has 1 aromatic heterocycles. The number of fused-ring (bicyclic) bond motifs is 1. The number of hydrogen-bond donors (Lipinski definition) is 0. The van der Waals surface area contributed by atoms with Crippen LogP contribution in [-0.4, -0.2) is 54.6 Å². The highest BCUT2D eigenvalue weighted by Crippen LogP contribution is 2.36. The lowest BCUT2D eigenvalue weighted by Crippen LogP contribution is -2.46. The van der Waals surface area contributed by atoms with Crippen LogP contribution in [-0.2, 0) is 14.3 Å². The minimum absolute atomic E-state index is 0.0556. The fourth-order valence-corrected chi connectivity index (χ4v) is 5.84. The van der Waals surface area contributed by atoms with Gasteiger partial charge in [-0.2, -0.15) is 4.37 Å². The summed E-state index contributed by atoms with van der Waals surface area (Å²) >= 11 is 1.58. The summed E-state index contributed by atoms with van der Waals surface area (Å²) in [5.41, 5.74) is 2.00. The Morgan fingerprint density at radius 2 is 1.89 bits per heavy atom. The van der Waals surface area contributed by atoms with Gasteiger partial charge in [0.2, 0.25) is 0 Å². The van der Waals surface area contributed by atoms with Crippen LogP contribution in [0, 0.1) is 0 Å². The molecule has 6 nitrogen and oxygen atoms in total.